The van der Waals surface area contributed by atoms with E-state index in [9.17, 15) is 9.90 Å². The van der Waals surface area contributed by atoms with E-state index in [1.54, 1.807) is 13.0 Å². The zero-order valence-electron chi connectivity index (χ0n) is 10.6. The van der Waals surface area contributed by atoms with Crippen molar-refractivity contribution in [2.45, 2.75) is 38.8 Å². The van der Waals surface area contributed by atoms with Crippen LogP contribution >= 0.6 is 0 Å². The molecule has 96 valence electrons. The lowest BCUT2D eigenvalue weighted by atomic mass is 9.97. The van der Waals surface area contributed by atoms with E-state index in [0.717, 1.165) is 25.9 Å². The molecule has 4 heteroatoms. The molecule has 0 aliphatic carbocycles. The van der Waals surface area contributed by atoms with Crippen molar-refractivity contribution in [1.82, 2.24) is 4.90 Å². The zero-order valence-corrected chi connectivity index (χ0v) is 10.6. The Labute approximate surface area is 102 Å². The molecule has 2 aliphatic rings. The minimum atomic E-state index is -0.220. The second-order valence-corrected chi connectivity index (χ2v) is 4.96. The van der Waals surface area contributed by atoms with Crippen LogP contribution in [0.25, 0.3) is 0 Å². The summed E-state index contributed by atoms with van der Waals surface area (Å²) in [5.41, 5.74) is 0.655. The minimum Gasteiger partial charge on any atom is -0.457 e. The topological polar surface area (TPSA) is 49.8 Å². The second-order valence-electron chi connectivity index (χ2n) is 4.96. The Morgan fingerprint density at radius 2 is 2.18 bits per heavy atom. The second kappa shape index (κ2) is 5.19. The molecule has 1 N–H and O–H groups in total. The first-order valence-corrected chi connectivity index (χ1v) is 6.36. The fourth-order valence-electron chi connectivity index (χ4n) is 2.89. The fourth-order valence-corrected chi connectivity index (χ4v) is 2.89. The predicted octanol–water partition coefficient (Wildman–Crippen LogP) is 0.951. The van der Waals surface area contributed by atoms with Gasteiger partial charge in [0.25, 0.3) is 0 Å². The number of carbonyl (C=O) groups is 1. The van der Waals surface area contributed by atoms with Crippen LogP contribution in [0.5, 0.6) is 0 Å². The van der Waals surface area contributed by atoms with Gasteiger partial charge in [-0.1, -0.05) is 6.08 Å². The Bertz CT molecular complexity index is 327. The molecular formula is C13H21NO3. The van der Waals surface area contributed by atoms with Gasteiger partial charge in [-0.05, 0) is 33.2 Å². The quantitative estimate of drug-likeness (QED) is 0.588. The summed E-state index contributed by atoms with van der Waals surface area (Å²) in [6, 6.07) is 0.230. The van der Waals surface area contributed by atoms with Crippen LogP contribution in [0.1, 0.15) is 26.7 Å². The van der Waals surface area contributed by atoms with Gasteiger partial charge in [0, 0.05) is 24.6 Å². The van der Waals surface area contributed by atoms with Crippen molar-refractivity contribution in [3.63, 3.8) is 0 Å². The fraction of sp³-hybridized carbons (Fsp3) is 0.769. The standard InChI is InChI=1S/C13H21NO3/c1-3-9(2)13(16)17-11-5-7-14-6-4-10(8-15)12(11)14/h3,10-12,15H,4-8H2,1-2H3/b9-3+/t10-,11+,12+/m0/s1. The highest BCUT2D eigenvalue weighted by Gasteiger charge is 2.45. The van der Waals surface area contributed by atoms with Crippen molar-refractivity contribution in [2.24, 2.45) is 5.92 Å². The average molecular weight is 239 g/mol. The van der Waals surface area contributed by atoms with Crippen LogP contribution in [-0.2, 0) is 9.53 Å². The summed E-state index contributed by atoms with van der Waals surface area (Å²) in [6.45, 7) is 5.80. The number of esters is 1. The maximum atomic E-state index is 11.7. The normalized spacial score (nSPS) is 33.8. The summed E-state index contributed by atoms with van der Waals surface area (Å²) >= 11 is 0. The summed E-state index contributed by atoms with van der Waals surface area (Å²) in [6.07, 6.45) is 3.63. The van der Waals surface area contributed by atoms with Crippen molar-refractivity contribution in [3.05, 3.63) is 11.6 Å². The third-order valence-corrected chi connectivity index (χ3v) is 4.02. The number of hydrogen-bond donors (Lipinski definition) is 1. The number of carbonyl (C=O) groups excluding carboxylic acids is 1. The molecule has 0 amide bonds. The third-order valence-electron chi connectivity index (χ3n) is 4.02. The van der Waals surface area contributed by atoms with Gasteiger partial charge in [0.1, 0.15) is 6.10 Å². The molecule has 17 heavy (non-hydrogen) atoms. The van der Waals surface area contributed by atoms with Gasteiger partial charge in [-0.15, -0.1) is 0 Å². The molecule has 0 aromatic rings. The summed E-state index contributed by atoms with van der Waals surface area (Å²) in [5.74, 6) is 0.0455. The molecule has 0 bridgehead atoms. The van der Waals surface area contributed by atoms with Crippen LogP contribution in [0.3, 0.4) is 0 Å². The summed E-state index contributed by atoms with van der Waals surface area (Å²) < 4.78 is 5.55. The van der Waals surface area contributed by atoms with E-state index in [1.807, 2.05) is 6.92 Å². The van der Waals surface area contributed by atoms with Crippen molar-refractivity contribution >= 4 is 5.97 Å². The van der Waals surface area contributed by atoms with E-state index in [0.29, 0.717) is 5.57 Å². The summed E-state index contributed by atoms with van der Waals surface area (Å²) in [7, 11) is 0. The predicted molar refractivity (Wildman–Crippen MR) is 64.5 cm³/mol. The monoisotopic (exact) mass is 239 g/mol. The van der Waals surface area contributed by atoms with E-state index in [2.05, 4.69) is 4.90 Å². The molecule has 0 unspecified atom stereocenters. The highest BCUT2D eigenvalue weighted by atomic mass is 16.5. The van der Waals surface area contributed by atoms with Gasteiger partial charge in [0.15, 0.2) is 0 Å². The molecule has 3 atom stereocenters. The first-order valence-electron chi connectivity index (χ1n) is 6.36. The lowest BCUT2D eigenvalue weighted by Crippen LogP contribution is -2.38. The number of ether oxygens (including phenoxy) is 1. The van der Waals surface area contributed by atoms with E-state index < -0.39 is 0 Å². The Morgan fingerprint density at radius 1 is 1.47 bits per heavy atom. The lowest BCUT2D eigenvalue weighted by Gasteiger charge is -2.25. The number of aliphatic hydroxyl groups excluding tert-OH is 1. The van der Waals surface area contributed by atoms with Crippen LogP contribution in [-0.4, -0.2) is 47.8 Å². The average Bonchev–Trinajstić information content (AvgIpc) is 2.90. The number of nitrogens with zero attached hydrogens (tertiary/aromatic N) is 1. The van der Waals surface area contributed by atoms with E-state index in [4.69, 9.17) is 4.74 Å². The molecule has 2 fully saturated rings. The van der Waals surface area contributed by atoms with E-state index in [1.165, 1.54) is 0 Å². The van der Waals surface area contributed by atoms with Gasteiger partial charge in [-0.25, -0.2) is 4.79 Å². The molecule has 4 nitrogen and oxygen atoms in total. The number of fused-ring (bicyclic) bond motifs is 1. The zero-order chi connectivity index (χ0) is 12.4. The molecule has 0 aromatic heterocycles. The van der Waals surface area contributed by atoms with Crippen molar-refractivity contribution in [3.8, 4) is 0 Å². The first kappa shape index (κ1) is 12.6. The maximum absolute atomic E-state index is 11.7. The molecule has 2 rings (SSSR count). The van der Waals surface area contributed by atoms with Crippen LogP contribution in [0.2, 0.25) is 0 Å². The smallest absolute Gasteiger partial charge is 0.333 e. The largest absolute Gasteiger partial charge is 0.457 e. The van der Waals surface area contributed by atoms with E-state index in [-0.39, 0.29) is 30.6 Å². The molecule has 2 saturated heterocycles. The SMILES string of the molecule is C/C=C(\C)C(=O)O[C@@H]1CCN2CC[C@@H](CO)[C@H]12. The van der Waals surface area contributed by atoms with Gasteiger partial charge < -0.3 is 9.84 Å². The highest BCUT2D eigenvalue weighted by Crippen LogP contribution is 2.34. The summed E-state index contributed by atoms with van der Waals surface area (Å²) in [4.78, 5) is 14.1. The van der Waals surface area contributed by atoms with Gasteiger partial charge >= 0.3 is 5.97 Å². The highest BCUT2D eigenvalue weighted by molar-refractivity contribution is 5.87. The number of aliphatic hydroxyl groups is 1. The Kier molecular flexibility index (Phi) is 3.84. The first-order chi connectivity index (χ1) is 8.17. The molecule has 0 saturated carbocycles. The Balaban J connectivity index is 2.00. The van der Waals surface area contributed by atoms with Crippen LogP contribution < -0.4 is 0 Å². The van der Waals surface area contributed by atoms with Crippen molar-refractivity contribution in [2.75, 3.05) is 19.7 Å². The van der Waals surface area contributed by atoms with Crippen molar-refractivity contribution < 1.29 is 14.6 Å². The molecule has 0 spiro atoms. The van der Waals surface area contributed by atoms with Crippen LogP contribution in [0.4, 0.5) is 0 Å². The lowest BCUT2D eigenvalue weighted by molar-refractivity contribution is -0.145. The van der Waals surface area contributed by atoms with Gasteiger partial charge in [-0.2, -0.15) is 0 Å². The molecule has 2 heterocycles. The van der Waals surface area contributed by atoms with Crippen LogP contribution in [0.15, 0.2) is 11.6 Å². The minimum absolute atomic E-state index is 0.0444. The molecule has 2 aliphatic heterocycles. The van der Waals surface area contributed by atoms with Crippen molar-refractivity contribution in [1.29, 1.82) is 0 Å². The molecule has 0 radical (unpaired) electrons. The summed E-state index contributed by atoms with van der Waals surface area (Å²) in [5, 5.41) is 9.34. The van der Waals surface area contributed by atoms with E-state index >= 15 is 0 Å². The molecule has 0 aromatic carbocycles. The number of allylic oxidation sites excluding steroid dienone is 1. The number of rotatable bonds is 3. The number of hydrogen-bond acceptors (Lipinski definition) is 4. The maximum Gasteiger partial charge on any atom is 0.333 e. The van der Waals surface area contributed by atoms with Gasteiger partial charge in [-0.3, -0.25) is 4.90 Å². The van der Waals surface area contributed by atoms with Crippen LogP contribution in [0, 0.1) is 5.92 Å². The van der Waals surface area contributed by atoms with Gasteiger partial charge in [0.2, 0.25) is 0 Å². The third kappa shape index (κ3) is 2.38. The molecular weight excluding hydrogens is 218 g/mol. The Hall–Kier alpha value is -0.870. The van der Waals surface area contributed by atoms with Gasteiger partial charge in [0.05, 0.1) is 6.04 Å². The Morgan fingerprint density at radius 3 is 2.82 bits per heavy atom.